The molecule has 0 bridgehead atoms. The Kier molecular flexibility index (Phi) is 9.19. The fourth-order valence-electron chi connectivity index (χ4n) is 1.28. The van der Waals surface area contributed by atoms with Gasteiger partial charge in [-0.2, -0.15) is 0 Å². The van der Waals surface area contributed by atoms with Gasteiger partial charge in [0.2, 0.25) is 0 Å². The van der Waals surface area contributed by atoms with Gasteiger partial charge < -0.3 is 19.3 Å². The van der Waals surface area contributed by atoms with Gasteiger partial charge in [-0.15, -0.1) is 0 Å². The lowest BCUT2D eigenvalue weighted by atomic mass is 10.1. The number of rotatable bonds is 10. The number of hydrogen-bond donors (Lipinski definition) is 1. The first kappa shape index (κ1) is 18.6. The summed E-state index contributed by atoms with van der Waals surface area (Å²) in [6.07, 6.45) is 0.668. The topological polar surface area (TPSA) is 99.1 Å². The van der Waals surface area contributed by atoms with Crippen molar-refractivity contribution in [1.82, 2.24) is 0 Å². The monoisotopic (exact) mass is 298 g/mol. The van der Waals surface area contributed by atoms with Gasteiger partial charge in [0.15, 0.2) is 6.10 Å². The van der Waals surface area contributed by atoms with Gasteiger partial charge in [0.05, 0.1) is 0 Å². The van der Waals surface area contributed by atoms with Gasteiger partial charge in [0.25, 0.3) is 0 Å². The summed E-state index contributed by atoms with van der Waals surface area (Å²) >= 11 is 0. The van der Waals surface area contributed by atoms with Crippen LogP contribution in [0.1, 0.15) is 6.42 Å². The van der Waals surface area contributed by atoms with Crippen LogP contribution in [0.3, 0.4) is 0 Å². The summed E-state index contributed by atoms with van der Waals surface area (Å²) in [5.41, 5.74) is 0. The first-order valence-corrected chi connectivity index (χ1v) is 6.04. The van der Waals surface area contributed by atoms with Crippen molar-refractivity contribution in [3.8, 4) is 0 Å². The van der Waals surface area contributed by atoms with E-state index in [1.807, 2.05) is 0 Å². The second kappa shape index (κ2) is 10.4. The molecule has 0 aliphatic rings. The molecule has 116 valence electrons. The lowest BCUT2D eigenvalue weighted by molar-refractivity contribution is -0.170. The van der Waals surface area contributed by atoms with Crippen LogP contribution in [0.25, 0.3) is 0 Å². The average Bonchev–Trinajstić information content (AvgIpc) is 2.49. The molecule has 0 aromatic carbocycles. The van der Waals surface area contributed by atoms with Crippen LogP contribution in [0.15, 0.2) is 38.0 Å². The summed E-state index contributed by atoms with van der Waals surface area (Å²) in [5.74, 6) is -2.28. The molecule has 0 aliphatic carbocycles. The highest BCUT2D eigenvalue weighted by molar-refractivity contribution is 5.82. The Morgan fingerprint density at radius 3 is 1.81 bits per heavy atom. The van der Waals surface area contributed by atoms with Crippen LogP contribution in [0.2, 0.25) is 0 Å². The van der Waals surface area contributed by atoms with Crippen LogP contribution >= 0.6 is 0 Å². The number of carbonyl (C=O) groups is 3. The number of hydrogen-bond acceptors (Lipinski definition) is 7. The van der Waals surface area contributed by atoms with Crippen molar-refractivity contribution < 1.29 is 33.7 Å². The Bertz CT molecular complexity index is 414. The summed E-state index contributed by atoms with van der Waals surface area (Å²) in [6.45, 7) is 9.01. The molecule has 7 heteroatoms. The Morgan fingerprint density at radius 2 is 1.38 bits per heavy atom. The van der Waals surface area contributed by atoms with Crippen molar-refractivity contribution in [3.63, 3.8) is 0 Å². The molecule has 2 unspecified atom stereocenters. The molecule has 0 spiro atoms. The molecule has 0 aromatic rings. The maximum Gasteiger partial charge on any atom is 0.330 e. The van der Waals surface area contributed by atoms with Crippen molar-refractivity contribution in [2.45, 2.75) is 18.6 Å². The Balaban J connectivity index is 4.96. The zero-order valence-electron chi connectivity index (χ0n) is 11.5. The number of ether oxygens (including phenoxy) is 3. The minimum Gasteiger partial charge on any atom is -0.458 e. The van der Waals surface area contributed by atoms with Gasteiger partial charge in [0.1, 0.15) is 12.7 Å². The SMILES string of the molecule is C=CC(=O)OCC(OC(=O)C=C)C(CCO)OC(=O)C=C. The molecule has 0 heterocycles. The van der Waals surface area contributed by atoms with Gasteiger partial charge in [0, 0.05) is 31.3 Å². The van der Waals surface area contributed by atoms with Crippen molar-refractivity contribution in [2.75, 3.05) is 13.2 Å². The van der Waals surface area contributed by atoms with E-state index in [9.17, 15) is 14.4 Å². The zero-order chi connectivity index (χ0) is 16.3. The van der Waals surface area contributed by atoms with Gasteiger partial charge in [-0.3, -0.25) is 0 Å². The molecule has 0 radical (unpaired) electrons. The molecule has 0 fully saturated rings. The molecule has 0 saturated heterocycles. The average molecular weight is 298 g/mol. The summed E-state index contributed by atoms with van der Waals surface area (Å²) in [5, 5.41) is 8.98. The second-order valence-corrected chi connectivity index (χ2v) is 3.71. The third-order valence-electron chi connectivity index (χ3n) is 2.25. The number of carbonyl (C=O) groups excluding carboxylic acids is 3. The fourth-order valence-corrected chi connectivity index (χ4v) is 1.28. The fraction of sp³-hybridized carbons (Fsp3) is 0.357. The molecular formula is C14H18O7. The molecule has 7 nitrogen and oxygen atoms in total. The molecule has 21 heavy (non-hydrogen) atoms. The summed E-state index contributed by atoms with van der Waals surface area (Å²) < 4.78 is 14.7. The summed E-state index contributed by atoms with van der Waals surface area (Å²) in [4.78, 5) is 33.6. The molecule has 0 aliphatic heterocycles. The summed E-state index contributed by atoms with van der Waals surface area (Å²) in [6, 6.07) is 0. The van der Waals surface area contributed by atoms with Gasteiger partial charge >= 0.3 is 17.9 Å². The second-order valence-electron chi connectivity index (χ2n) is 3.71. The molecule has 2 atom stereocenters. The largest absolute Gasteiger partial charge is 0.458 e. The van der Waals surface area contributed by atoms with Gasteiger partial charge in [-0.05, 0) is 0 Å². The minimum atomic E-state index is -1.09. The minimum absolute atomic E-state index is 0.0136. The van der Waals surface area contributed by atoms with E-state index in [1.165, 1.54) is 0 Å². The first-order chi connectivity index (χ1) is 9.98. The van der Waals surface area contributed by atoms with E-state index >= 15 is 0 Å². The maximum absolute atomic E-state index is 11.3. The van der Waals surface area contributed by atoms with Crippen LogP contribution < -0.4 is 0 Å². The third kappa shape index (κ3) is 7.68. The Labute approximate surface area is 122 Å². The molecule has 1 N–H and O–H groups in total. The zero-order valence-corrected chi connectivity index (χ0v) is 11.5. The molecule has 0 rings (SSSR count). The predicted octanol–water partition coefficient (Wildman–Crippen LogP) is 0.294. The van der Waals surface area contributed by atoms with Crippen molar-refractivity contribution >= 4 is 17.9 Å². The molecule has 0 amide bonds. The normalized spacial score (nSPS) is 12.4. The Hall–Kier alpha value is -2.41. The van der Waals surface area contributed by atoms with Gasteiger partial charge in [-0.1, -0.05) is 19.7 Å². The lowest BCUT2D eigenvalue weighted by Gasteiger charge is -2.25. The quantitative estimate of drug-likeness (QED) is 0.351. The number of aliphatic hydroxyl groups is 1. The molecular weight excluding hydrogens is 280 g/mol. The van der Waals surface area contributed by atoms with Crippen molar-refractivity contribution in [3.05, 3.63) is 38.0 Å². The van der Waals surface area contributed by atoms with E-state index in [0.717, 1.165) is 18.2 Å². The standard InChI is InChI=1S/C14H18O7/c1-4-12(16)19-9-11(21-14(18)6-3)10(7-8-15)20-13(17)5-2/h4-6,10-11,15H,1-3,7-9H2. The van der Waals surface area contributed by atoms with E-state index < -0.39 is 30.1 Å². The van der Waals surface area contributed by atoms with E-state index in [2.05, 4.69) is 19.7 Å². The highest BCUT2D eigenvalue weighted by atomic mass is 16.6. The van der Waals surface area contributed by atoms with Crippen molar-refractivity contribution in [1.29, 1.82) is 0 Å². The molecule has 0 saturated carbocycles. The predicted molar refractivity (Wildman–Crippen MR) is 73.0 cm³/mol. The molecule has 0 aromatic heterocycles. The van der Waals surface area contributed by atoms with E-state index in [-0.39, 0.29) is 19.6 Å². The number of aliphatic hydroxyl groups excluding tert-OH is 1. The van der Waals surface area contributed by atoms with Crippen LogP contribution in [-0.4, -0.2) is 48.4 Å². The summed E-state index contributed by atoms with van der Waals surface area (Å²) in [7, 11) is 0. The third-order valence-corrected chi connectivity index (χ3v) is 2.25. The highest BCUT2D eigenvalue weighted by Gasteiger charge is 2.28. The maximum atomic E-state index is 11.3. The van der Waals surface area contributed by atoms with Crippen LogP contribution in [0, 0.1) is 0 Å². The van der Waals surface area contributed by atoms with Crippen molar-refractivity contribution in [2.24, 2.45) is 0 Å². The number of esters is 3. The van der Waals surface area contributed by atoms with Gasteiger partial charge in [-0.25, -0.2) is 14.4 Å². The van der Waals surface area contributed by atoms with E-state index in [4.69, 9.17) is 19.3 Å². The van der Waals surface area contributed by atoms with Crippen LogP contribution in [-0.2, 0) is 28.6 Å². The Morgan fingerprint density at radius 1 is 0.905 bits per heavy atom. The van der Waals surface area contributed by atoms with Crippen LogP contribution in [0.4, 0.5) is 0 Å². The van der Waals surface area contributed by atoms with Crippen LogP contribution in [0.5, 0.6) is 0 Å². The lowest BCUT2D eigenvalue weighted by Crippen LogP contribution is -2.39. The first-order valence-electron chi connectivity index (χ1n) is 6.04. The smallest absolute Gasteiger partial charge is 0.330 e. The highest BCUT2D eigenvalue weighted by Crippen LogP contribution is 2.11. The van der Waals surface area contributed by atoms with E-state index in [1.54, 1.807) is 0 Å². The van der Waals surface area contributed by atoms with E-state index in [0.29, 0.717) is 0 Å².